The second-order valence-electron chi connectivity index (χ2n) is 13.1. The van der Waals surface area contributed by atoms with E-state index in [0.717, 1.165) is 27.3 Å². The zero-order chi connectivity index (χ0) is 31.9. The summed E-state index contributed by atoms with van der Waals surface area (Å²) in [4.78, 5) is 57.8. The van der Waals surface area contributed by atoms with Gasteiger partial charge in [-0.2, -0.15) is 5.01 Å². The van der Waals surface area contributed by atoms with Gasteiger partial charge in [-0.15, -0.1) is 0 Å². The van der Waals surface area contributed by atoms with E-state index in [-0.39, 0.29) is 35.8 Å². The molecule has 8 rings (SSSR count). The number of allylic oxidation sites excluding steroid dienone is 3. The van der Waals surface area contributed by atoms with Crippen LogP contribution in [0.1, 0.15) is 29.5 Å². The molecule has 0 bridgehead atoms. The molecule has 3 aromatic carbocycles. The summed E-state index contributed by atoms with van der Waals surface area (Å²) < 4.78 is 6.14. The largest absolute Gasteiger partial charge is 0.508 e. The van der Waals surface area contributed by atoms with E-state index in [2.05, 4.69) is 5.43 Å². The molecule has 4 amide bonds. The normalized spacial score (nSPS) is 29.7. The van der Waals surface area contributed by atoms with Crippen molar-refractivity contribution in [1.29, 1.82) is 0 Å². The van der Waals surface area contributed by atoms with E-state index in [0.29, 0.717) is 29.8 Å². The maximum atomic E-state index is 15.1. The quantitative estimate of drug-likeness (QED) is 0.324. The number of anilines is 1. The topological polar surface area (TPSA) is 116 Å². The number of carbonyl (C=O) groups excluding carboxylic acids is 4. The molecule has 232 valence electrons. The highest BCUT2D eigenvalue weighted by molar-refractivity contribution is 6.13. The molecule has 46 heavy (non-hydrogen) atoms. The number of benzene rings is 3. The third kappa shape index (κ3) is 3.87. The smallest absolute Gasteiger partial charge is 0.260 e. The Balaban J connectivity index is 1.34. The molecular weight excluding hydrogens is 582 g/mol. The number of hydrogen-bond donors (Lipinski definition) is 2. The van der Waals surface area contributed by atoms with Crippen LogP contribution < -0.4 is 10.2 Å². The third-order valence-electron chi connectivity index (χ3n) is 10.8. The van der Waals surface area contributed by atoms with E-state index < -0.39 is 35.0 Å². The Morgan fingerprint density at radius 1 is 0.913 bits per heavy atom. The summed E-state index contributed by atoms with van der Waals surface area (Å²) in [5.41, 5.74) is 6.52. The van der Waals surface area contributed by atoms with Gasteiger partial charge in [0.15, 0.2) is 0 Å². The molecule has 3 heterocycles. The van der Waals surface area contributed by atoms with Crippen LogP contribution in [0.4, 0.5) is 5.69 Å². The van der Waals surface area contributed by atoms with Crippen LogP contribution in [-0.2, 0) is 31.0 Å². The minimum Gasteiger partial charge on any atom is -0.508 e. The zero-order valence-corrected chi connectivity index (χ0v) is 25.5. The average molecular weight is 616 g/mol. The lowest BCUT2D eigenvalue weighted by Gasteiger charge is -2.51. The number of aryl methyl sites for hydroxylation is 1. The SMILES string of the molecule is Cc1ccc(NN2C(=O)C3CC4C(=CCC5C(=O)N(C)C(=O)C54)C(C4=COc5ccc(O)cc5C4)C3(c3ccccc3)C2=O)cc1. The molecule has 3 aliphatic heterocycles. The van der Waals surface area contributed by atoms with Gasteiger partial charge in [-0.3, -0.25) is 29.5 Å². The lowest BCUT2D eigenvalue weighted by molar-refractivity contribution is -0.140. The number of aromatic hydroxyl groups is 1. The van der Waals surface area contributed by atoms with Crippen molar-refractivity contribution >= 4 is 29.3 Å². The number of hydrogen-bond acceptors (Lipinski definition) is 7. The van der Waals surface area contributed by atoms with E-state index in [9.17, 15) is 19.5 Å². The Morgan fingerprint density at radius 2 is 1.67 bits per heavy atom. The lowest BCUT2D eigenvalue weighted by Crippen LogP contribution is -2.55. The fraction of sp³-hybridized carbons (Fsp3) is 0.297. The molecule has 2 saturated heterocycles. The van der Waals surface area contributed by atoms with Gasteiger partial charge in [-0.1, -0.05) is 59.7 Å². The van der Waals surface area contributed by atoms with Gasteiger partial charge in [0.05, 0.1) is 35.1 Å². The Bertz CT molecular complexity index is 1880. The number of phenols is 1. The molecule has 0 radical (unpaired) electrons. The summed E-state index contributed by atoms with van der Waals surface area (Å²) in [6, 6.07) is 21.8. The van der Waals surface area contributed by atoms with Crippen molar-refractivity contribution in [3.8, 4) is 11.5 Å². The first-order valence-corrected chi connectivity index (χ1v) is 15.7. The molecule has 6 atom stereocenters. The number of nitrogens with zero attached hydrogens (tertiary/aromatic N) is 2. The van der Waals surface area contributed by atoms with Crippen molar-refractivity contribution in [2.75, 3.05) is 12.5 Å². The maximum Gasteiger partial charge on any atom is 0.260 e. The second-order valence-corrected chi connectivity index (χ2v) is 13.1. The predicted octanol–water partition coefficient (Wildman–Crippen LogP) is 4.67. The number of nitrogens with one attached hydrogen (secondary N) is 1. The van der Waals surface area contributed by atoms with Crippen molar-refractivity contribution in [2.45, 2.75) is 31.6 Å². The number of fused-ring (bicyclic) bond motifs is 5. The van der Waals surface area contributed by atoms with Crippen molar-refractivity contribution in [2.24, 2.45) is 29.6 Å². The number of imide groups is 2. The van der Waals surface area contributed by atoms with Gasteiger partial charge >= 0.3 is 0 Å². The summed E-state index contributed by atoms with van der Waals surface area (Å²) in [5, 5.41) is 11.5. The molecule has 2 aliphatic carbocycles. The van der Waals surface area contributed by atoms with Crippen LogP contribution in [-0.4, -0.2) is 45.7 Å². The Labute approximate surface area is 266 Å². The summed E-state index contributed by atoms with van der Waals surface area (Å²) >= 11 is 0. The predicted molar refractivity (Wildman–Crippen MR) is 168 cm³/mol. The lowest BCUT2D eigenvalue weighted by atomic mass is 9.48. The van der Waals surface area contributed by atoms with Crippen LogP contribution in [0.3, 0.4) is 0 Å². The Kier molecular flexibility index (Phi) is 6.26. The van der Waals surface area contributed by atoms with Gasteiger partial charge in [-0.25, -0.2) is 0 Å². The van der Waals surface area contributed by atoms with E-state index in [1.807, 2.05) is 67.6 Å². The van der Waals surface area contributed by atoms with Crippen LogP contribution in [0.5, 0.6) is 11.5 Å². The highest BCUT2D eigenvalue weighted by Gasteiger charge is 2.70. The van der Waals surface area contributed by atoms with Gasteiger partial charge < -0.3 is 9.84 Å². The van der Waals surface area contributed by atoms with Crippen molar-refractivity contribution < 1.29 is 29.0 Å². The average Bonchev–Trinajstić information content (AvgIpc) is 3.42. The molecule has 0 spiro atoms. The van der Waals surface area contributed by atoms with E-state index in [1.165, 1.54) is 11.9 Å². The van der Waals surface area contributed by atoms with E-state index in [1.54, 1.807) is 24.5 Å². The minimum atomic E-state index is -1.35. The highest BCUT2D eigenvalue weighted by Crippen LogP contribution is 2.63. The van der Waals surface area contributed by atoms with Crippen molar-refractivity contribution in [3.05, 3.63) is 113 Å². The number of likely N-dealkylation sites (tertiary alicyclic amines) is 1. The summed E-state index contributed by atoms with van der Waals surface area (Å²) in [6.45, 7) is 1.96. The number of carbonyl (C=O) groups is 4. The van der Waals surface area contributed by atoms with E-state index in [4.69, 9.17) is 4.74 Å². The summed E-state index contributed by atoms with van der Waals surface area (Å²) in [5.74, 6) is -3.51. The molecule has 9 heteroatoms. The fourth-order valence-corrected chi connectivity index (χ4v) is 8.72. The number of hydrazine groups is 1. The maximum absolute atomic E-state index is 15.1. The number of phenolic OH excluding ortho intramolecular Hbond substituents is 1. The summed E-state index contributed by atoms with van der Waals surface area (Å²) in [7, 11) is 1.52. The number of ether oxygens (including phenoxy) is 1. The molecule has 9 nitrogen and oxygen atoms in total. The van der Waals surface area contributed by atoms with Gasteiger partial charge in [-0.05, 0) is 67.2 Å². The van der Waals surface area contributed by atoms with Crippen LogP contribution in [0.2, 0.25) is 0 Å². The monoisotopic (exact) mass is 615 g/mol. The second kappa shape index (κ2) is 10.2. The highest BCUT2D eigenvalue weighted by atomic mass is 16.5. The van der Waals surface area contributed by atoms with Gasteiger partial charge in [0.1, 0.15) is 11.5 Å². The molecular formula is C37H33N3O6. The fourth-order valence-electron chi connectivity index (χ4n) is 8.72. The molecule has 1 saturated carbocycles. The number of rotatable bonds is 4. The molecule has 3 fully saturated rings. The molecule has 5 aliphatic rings. The molecule has 0 aromatic heterocycles. The first-order chi connectivity index (χ1) is 22.2. The Morgan fingerprint density at radius 3 is 2.43 bits per heavy atom. The molecule has 6 unspecified atom stereocenters. The molecule has 3 aromatic rings. The van der Waals surface area contributed by atoms with Crippen molar-refractivity contribution in [1.82, 2.24) is 9.91 Å². The van der Waals surface area contributed by atoms with Gasteiger partial charge in [0.2, 0.25) is 11.8 Å². The minimum absolute atomic E-state index is 0.0965. The van der Waals surface area contributed by atoms with Crippen molar-refractivity contribution in [3.63, 3.8) is 0 Å². The summed E-state index contributed by atoms with van der Waals surface area (Å²) in [6.07, 6.45) is 4.69. The van der Waals surface area contributed by atoms with Crippen LogP contribution in [0, 0.1) is 36.5 Å². The molecule has 2 N–H and O–H groups in total. The number of amides is 4. The standard InChI is InChI=1S/C37H33N3O6/c1-20-8-10-24(11-9-20)38-40-34(43)29-18-28-26(13-14-27-31(28)35(44)39(2)33(27)42)32(37(29,36(40)45)23-6-4-3-5-7-23)22-16-21-17-25(41)12-15-30(21)46-19-22/h3-13,15,17,19,27-29,31-32,38,41H,14,16,18H2,1-2H3. The Hall–Kier alpha value is -5.18. The first-order valence-electron chi connectivity index (χ1n) is 15.7. The van der Waals surface area contributed by atoms with Gasteiger partial charge in [0, 0.05) is 24.9 Å². The van der Waals surface area contributed by atoms with Crippen LogP contribution >= 0.6 is 0 Å². The zero-order valence-electron chi connectivity index (χ0n) is 25.5. The van der Waals surface area contributed by atoms with E-state index >= 15 is 4.79 Å². The van der Waals surface area contributed by atoms with Crippen LogP contribution in [0.15, 0.2) is 96.3 Å². The third-order valence-corrected chi connectivity index (χ3v) is 10.8. The van der Waals surface area contributed by atoms with Gasteiger partial charge in [0.25, 0.3) is 11.8 Å². The van der Waals surface area contributed by atoms with Crippen LogP contribution in [0.25, 0.3) is 0 Å². The first kappa shape index (κ1) is 28.3.